The van der Waals surface area contributed by atoms with Crippen molar-refractivity contribution < 1.29 is 9.90 Å². The van der Waals surface area contributed by atoms with E-state index in [2.05, 4.69) is 17.6 Å². The lowest BCUT2D eigenvalue weighted by Gasteiger charge is -2.39. The van der Waals surface area contributed by atoms with Crippen molar-refractivity contribution in [1.82, 2.24) is 10.6 Å². The van der Waals surface area contributed by atoms with Crippen molar-refractivity contribution >= 4 is 5.91 Å². The maximum Gasteiger partial charge on any atom is 0.221 e. The van der Waals surface area contributed by atoms with E-state index >= 15 is 0 Å². The molecule has 1 aliphatic carbocycles. The molecule has 2 unspecified atom stereocenters. The van der Waals surface area contributed by atoms with Gasteiger partial charge in [0.1, 0.15) is 0 Å². The molecule has 0 aromatic rings. The van der Waals surface area contributed by atoms with Crippen molar-refractivity contribution in [2.45, 2.75) is 51.5 Å². The van der Waals surface area contributed by atoms with Crippen LogP contribution in [0.2, 0.25) is 0 Å². The Labute approximate surface area is 104 Å². The minimum atomic E-state index is -0.149. The average Bonchev–Trinajstić information content (AvgIpc) is 2.29. The van der Waals surface area contributed by atoms with Crippen molar-refractivity contribution in [3.8, 4) is 0 Å². The van der Waals surface area contributed by atoms with E-state index in [1.807, 2.05) is 6.92 Å². The standard InChI is InChI=1S/C13H26N2O2/c1-3-14-12(17)6-8-15-13(10-16)7-4-5-11(2)9-13/h11,15-16H,3-10H2,1-2H3,(H,14,17). The molecular formula is C13H26N2O2. The SMILES string of the molecule is CCNC(=O)CCNC1(CO)CCCC(C)C1. The van der Waals surface area contributed by atoms with Crippen LogP contribution in [0.4, 0.5) is 0 Å². The zero-order chi connectivity index (χ0) is 12.7. The Morgan fingerprint density at radius 2 is 2.29 bits per heavy atom. The maximum absolute atomic E-state index is 11.3. The number of rotatable bonds is 6. The van der Waals surface area contributed by atoms with Gasteiger partial charge in [0.05, 0.1) is 6.61 Å². The number of hydrogen-bond acceptors (Lipinski definition) is 3. The van der Waals surface area contributed by atoms with Crippen LogP contribution in [0.25, 0.3) is 0 Å². The lowest BCUT2D eigenvalue weighted by molar-refractivity contribution is -0.121. The number of carbonyl (C=O) groups is 1. The third kappa shape index (κ3) is 4.64. The second kappa shape index (κ2) is 6.97. The zero-order valence-electron chi connectivity index (χ0n) is 11.1. The van der Waals surface area contributed by atoms with Crippen molar-refractivity contribution in [2.24, 2.45) is 5.92 Å². The molecule has 0 aromatic carbocycles. The van der Waals surface area contributed by atoms with Gasteiger partial charge in [-0.1, -0.05) is 19.8 Å². The zero-order valence-corrected chi connectivity index (χ0v) is 11.1. The predicted molar refractivity (Wildman–Crippen MR) is 68.8 cm³/mol. The van der Waals surface area contributed by atoms with Crippen LogP contribution in [0, 0.1) is 5.92 Å². The minimum absolute atomic E-state index is 0.0805. The van der Waals surface area contributed by atoms with Crippen LogP contribution >= 0.6 is 0 Å². The Balaban J connectivity index is 2.33. The maximum atomic E-state index is 11.3. The molecular weight excluding hydrogens is 216 g/mol. The van der Waals surface area contributed by atoms with Gasteiger partial charge in [-0.2, -0.15) is 0 Å². The van der Waals surface area contributed by atoms with Gasteiger partial charge in [0, 0.05) is 25.0 Å². The molecule has 1 fully saturated rings. The summed E-state index contributed by atoms with van der Waals surface area (Å²) in [5, 5.41) is 15.7. The van der Waals surface area contributed by atoms with Gasteiger partial charge in [-0.05, 0) is 25.7 Å². The van der Waals surface area contributed by atoms with E-state index in [0.717, 1.165) is 19.3 Å². The first-order valence-corrected chi connectivity index (χ1v) is 6.74. The van der Waals surface area contributed by atoms with E-state index in [1.165, 1.54) is 6.42 Å². The van der Waals surface area contributed by atoms with Gasteiger partial charge in [-0.3, -0.25) is 4.79 Å². The summed E-state index contributed by atoms with van der Waals surface area (Å²) >= 11 is 0. The molecule has 0 radical (unpaired) electrons. The highest BCUT2D eigenvalue weighted by molar-refractivity contribution is 5.75. The smallest absolute Gasteiger partial charge is 0.221 e. The number of aliphatic hydroxyl groups is 1. The van der Waals surface area contributed by atoms with Crippen LogP contribution in [0.3, 0.4) is 0 Å². The fourth-order valence-electron chi connectivity index (χ4n) is 2.75. The van der Waals surface area contributed by atoms with Gasteiger partial charge in [-0.15, -0.1) is 0 Å². The Morgan fingerprint density at radius 1 is 1.53 bits per heavy atom. The van der Waals surface area contributed by atoms with Crippen LogP contribution in [-0.4, -0.2) is 36.2 Å². The van der Waals surface area contributed by atoms with Crippen LogP contribution in [0.5, 0.6) is 0 Å². The van der Waals surface area contributed by atoms with Gasteiger partial charge >= 0.3 is 0 Å². The first kappa shape index (κ1) is 14.5. The summed E-state index contributed by atoms with van der Waals surface area (Å²) in [5.41, 5.74) is -0.149. The van der Waals surface area contributed by atoms with E-state index in [4.69, 9.17) is 0 Å². The van der Waals surface area contributed by atoms with Gasteiger partial charge in [0.2, 0.25) is 5.91 Å². The van der Waals surface area contributed by atoms with Crippen molar-refractivity contribution in [3.63, 3.8) is 0 Å². The molecule has 3 N–H and O–H groups in total. The molecule has 1 aliphatic rings. The van der Waals surface area contributed by atoms with E-state index < -0.39 is 0 Å². The van der Waals surface area contributed by atoms with Crippen LogP contribution in [-0.2, 0) is 4.79 Å². The summed E-state index contributed by atoms with van der Waals surface area (Å²) in [5.74, 6) is 0.741. The summed E-state index contributed by atoms with van der Waals surface area (Å²) in [6, 6.07) is 0. The second-order valence-corrected chi connectivity index (χ2v) is 5.27. The van der Waals surface area contributed by atoms with Gasteiger partial charge < -0.3 is 15.7 Å². The molecule has 1 amide bonds. The second-order valence-electron chi connectivity index (χ2n) is 5.27. The van der Waals surface area contributed by atoms with E-state index in [1.54, 1.807) is 0 Å². The van der Waals surface area contributed by atoms with Gasteiger partial charge in [-0.25, -0.2) is 0 Å². The van der Waals surface area contributed by atoms with Crippen molar-refractivity contribution in [3.05, 3.63) is 0 Å². The fraction of sp³-hybridized carbons (Fsp3) is 0.923. The highest BCUT2D eigenvalue weighted by Crippen LogP contribution is 2.31. The Morgan fingerprint density at radius 3 is 2.88 bits per heavy atom. The topological polar surface area (TPSA) is 61.4 Å². The Kier molecular flexibility index (Phi) is 5.92. The highest BCUT2D eigenvalue weighted by atomic mass is 16.3. The lowest BCUT2D eigenvalue weighted by atomic mass is 9.77. The molecule has 2 atom stereocenters. The quantitative estimate of drug-likeness (QED) is 0.652. The summed E-state index contributed by atoms with van der Waals surface area (Å²) in [6.07, 6.45) is 4.93. The van der Waals surface area contributed by atoms with Crippen LogP contribution in [0.1, 0.15) is 46.0 Å². The summed E-state index contributed by atoms with van der Waals surface area (Å²) < 4.78 is 0. The molecule has 1 saturated carbocycles. The molecule has 100 valence electrons. The van der Waals surface area contributed by atoms with Crippen molar-refractivity contribution in [2.75, 3.05) is 19.7 Å². The largest absolute Gasteiger partial charge is 0.394 e. The highest BCUT2D eigenvalue weighted by Gasteiger charge is 2.33. The first-order valence-electron chi connectivity index (χ1n) is 6.74. The molecule has 0 spiro atoms. The number of aliphatic hydroxyl groups excluding tert-OH is 1. The average molecular weight is 242 g/mol. The summed E-state index contributed by atoms with van der Waals surface area (Å²) in [6.45, 7) is 5.66. The molecule has 1 rings (SSSR count). The Bertz CT molecular complexity index is 246. The molecule has 17 heavy (non-hydrogen) atoms. The fourth-order valence-corrected chi connectivity index (χ4v) is 2.75. The van der Waals surface area contributed by atoms with Gasteiger partial charge in [0.25, 0.3) is 0 Å². The van der Waals surface area contributed by atoms with E-state index in [0.29, 0.717) is 25.4 Å². The molecule has 0 heterocycles. The predicted octanol–water partition coefficient (Wildman–Crippen LogP) is 1.04. The summed E-state index contributed by atoms with van der Waals surface area (Å²) in [7, 11) is 0. The monoisotopic (exact) mass is 242 g/mol. The summed E-state index contributed by atoms with van der Waals surface area (Å²) in [4.78, 5) is 11.3. The molecule has 4 heteroatoms. The first-order chi connectivity index (χ1) is 8.12. The molecule has 0 bridgehead atoms. The van der Waals surface area contributed by atoms with Gasteiger partial charge in [0.15, 0.2) is 0 Å². The normalized spacial score (nSPS) is 29.0. The number of carbonyl (C=O) groups excluding carboxylic acids is 1. The third-order valence-corrected chi connectivity index (χ3v) is 3.62. The number of amides is 1. The van der Waals surface area contributed by atoms with E-state index in [9.17, 15) is 9.90 Å². The van der Waals surface area contributed by atoms with Crippen molar-refractivity contribution in [1.29, 1.82) is 0 Å². The molecule has 4 nitrogen and oxygen atoms in total. The number of hydrogen-bond donors (Lipinski definition) is 3. The lowest BCUT2D eigenvalue weighted by Crippen LogP contribution is -2.52. The van der Waals surface area contributed by atoms with E-state index in [-0.39, 0.29) is 18.1 Å². The minimum Gasteiger partial charge on any atom is -0.394 e. The van der Waals surface area contributed by atoms with Crippen LogP contribution in [0.15, 0.2) is 0 Å². The molecule has 0 saturated heterocycles. The van der Waals surface area contributed by atoms with Crippen LogP contribution < -0.4 is 10.6 Å². The number of nitrogens with one attached hydrogen (secondary N) is 2. The third-order valence-electron chi connectivity index (χ3n) is 3.62. The molecule has 0 aliphatic heterocycles. The Hall–Kier alpha value is -0.610. The molecule has 0 aromatic heterocycles.